The number of benzene rings is 3. The molecule has 1 heterocycles. The van der Waals surface area contributed by atoms with Gasteiger partial charge in [-0.2, -0.15) is 5.26 Å². The van der Waals surface area contributed by atoms with E-state index in [4.69, 9.17) is 23.2 Å². The van der Waals surface area contributed by atoms with Gasteiger partial charge in [0.1, 0.15) is 0 Å². The van der Waals surface area contributed by atoms with E-state index in [9.17, 15) is 14.9 Å². The number of hydrogen-bond donors (Lipinski definition) is 1. The summed E-state index contributed by atoms with van der Waals surface area (Å²) in [5.41, 5.74) is 4.73. The van der Waals surface area contributed by atoms with Gasteiger partial charge in [-0.3, -0.25) is 9.59 Å². The van der Waals surface area contributed by atoms with Crippen LogP contribution >= 0.6 is 23.2 Å². The molecule has 178 valence electrons. The van der Waals surface area contributed by atoms with E-state index in [2.05, 4.69) is 11.4 Å². The number of anilines is 2. The average molecular weight is 506 g/mol. The fourth-order valence-electron chi connectivity index (χ4n) is 4.46. The summed E-state index contributed by atoms with van der Waals surface area (Å²) in [6.07, 6.45) is 0.961. The maximum absolute atomic E-state index is 13.1. The zero-order chi connectivity index (χ0) is 25.1. The van der Waals surface area contributed by atoms with Crippen LogP contribution in [0.3, 0.4) is 0 Å². The average Bonchev–Trinajstić information content (AvgIpc) is 3.25. The van der Waals surface area contributed by atoms with Gasteiger partial charge in [0.15, 0.2) is 0 Å². The van der Waals surface area contributed by atoms with E-state index in [0.717, 1.165) is 28.8 Å². The molecule has 4 rings (SSSR count). The zero-order valence-electron chi connectivity index (χ0n) is 19.5. The highest BCUT2D eigenvalue weighted by molar-refractivity contribution is 6.32. The minimum Gasteiger partial charge on any atom is -0.325 e. The molecule has 0 bridgehead atoms. The number of carbonyl (C=O) groups excluding carboxylic acids is 2. The molecule has 35 heavy (non-hydrogen) atoms. The van der Waals surface area contributed by atoms with E-state index < -0.39 is 11.8 Å². The lowest BCUT2D eigenvalue weighted by Crippen LogP contribution is -2.29. The number of aryl methyl sites for hydroxylation is 2. The van der Waals surface area contributed by atoms with Crippen molar-refractivity contribution in [3.05, 3.63) is 93.0 Å². The Morgan fingerprint density at radius 2 is 1.89 bits per heavy atom. The predicted molar refractivity (Wildman–Crippen MR) is 140 cm³/mol. The van der Waals surface area contributed by atoms with Gasteiger partial charge in [-0.15, -0.1) is 0 Å². The number of nitrogens with one attached hydrogen (secondary N) is 1. The Bertz CT molecular complexity index is 1310. The highest BCUT2D eigenvalue weighted by atomic mass is 35.5. The Kier molecular flexibility index (Phi) is 7.45. The van der Waals surface area contributed by atoms with Gasteiger partial charge in [0.2, 0.25) is 11.8 Å². The van der Waals surface area contributed by atoms with Crippen LogP contribution in [-0.4, -0.2) is 18.4 Å². The molecule has 3 aromatic carbocycles. The topological polar surface area (TPSA) is 73.2 Å². The van der Waals surface area contributed by atoms with Gasteiger partial charge >= 0.3 is 0 Å². The number of rotatable bonds is 6. The van der Waals surface area contributed by atoms with Gasteiger partial charge in [-0.25, -0.2) is 0 Å². The van der Waals surface area contributed by atoms with E-state index in [1.165, 1.54) is 0 Å². The van der Waals surface area contributed by atoms with Gasteiger partial charge < -0.3 is 10.2 Å². The summed E-state index contributed by atoms with van der Waals surface area (Å²) < 4.78 is 0. The smallest absolute Gasteiger partial charge is 0.229 e. The van der Waals surface area contributed by atoms with Crippen LogP contribution in [0.25, 0.3) is 0 Å². The van der Waals surface area contributed by atoms with Crippen molar-refractivity contribution in [3.63, 3.8) is 0 Å². The Morgan fingerprint density at radius 1 is 1.17 bits per heavy atom. The molecular weight excluding hydrogens is 481 g/mol. The quantitative estimate of drug-likeness (QED) is 0.414. The molecule has 2 unspecified atom stereocenters. The summed E-state index contributed by atoms with van der Waals surface area (Å²) in [6.45, 7) is 4.23. The first-order valence-corrected chi connectivity index (χ1v) is 12.2. The van der Waals surface area contributed by atoms with Gasteiger partial charge in [0, 0.05) is 34.4 Å². The summed E-state index contributed by atoms with van der Waals surface area (Å²) in [4.78, 5) is 27.5. The molecule has 0 radical (unpaired) electrons. The largest absolute Gasteiger partial charge is 0.325 e. The van der Waals surface area contributed by atoms with Crippen molar-refractivity contribution in [3.8, 4) is 6.07 Å². The number of nitrogens with zero attached hydrogens (tertiary/aromatic N) is 2. The molecule has 7 heteroatoms. The molecule has 3 aromatic rings. The van der Waals surface area contributed by atoms with Crippen LogP contribution in [0.1, 0.15) is 41.5 Å². The molecule has 1 saturated heterocycles. The van der Waals surface area contributed by atoms with Crippen molar-refractivity contribution in [1.82, 2.24) is 0 Å². The van der Waals surface area contributed by atoms with Gasteiger partial charge in [-0.1, -0.05) is 66.5 Å². The minimum atomic E-state index is -0.567. The van der Waals surface area contributed by atoms with Crippen LogP contribution in [0.2, 0.25) is 10.0 Å². The molecule has 0 aromatic heterocycles. The second-order valence-electron chi connectivity index (χ2n) is 8.68. The molecule has 2 atom stereocenters. The van der Waals surface area contributed by atoms with Crippen molar-refractivity contribution in [2.24, 2.45) is 5.92 Å². The Hall–Kier alpha value is -3.33. The van der Waals surface area contributed by atoms with Crippen LogP contribution in [0, 0.1) is 24.2 Å². The third-order valence-corrected chi connectivity index (χ3v) is 6.98. The van der Waals surface area contributed by atoms with E-state index in [0.29, 0.717) is 27.8 Å². The minimum absolute atomic E-state index is 0.0593. The second kappa shape index (κ2) is 10.5. The van der Waals surface area contributed by atoms with Crippen LogP contribution < -0.4 is 10.2 Å². The molecular formula is C28H25Cl2N3O2. The maximum Gasteiger partial charge on any atom is 0.229 e. The third kappa shape index (κ3) is 5.19. The van der Waals surface area contributed by atoms with Crippen LogP contribution in [0.15, 0.2) is 60.7 Å². The lowest BCUT2D eigenvalue weighted by Gasteiger charge is -2.20. The second-order valence-corrected chi connectivity index (χ2v) is 9.52. The van der Waals surface area contributed by atoms with E-state index in [1.54, 1.807) is 35.2 Å². The fourth-order valence-corrected chi connectivity index (χ4v) is 4.86. The van der Waals surface area contributed by atoms with Gasteiger partial charge in [0.25, 0.3) is 0 Å². The zero-order valence-corrected chi connectivity index (χ0v) is 21.0. The number of amides is 2. The first-order chi connectivity index (χ1) is 16.8. The highest BCUT2D eigenvalue weighted by Crippen LogP contribution is 2.35. The van der Waals surface area contributed by atoms with Crippen molar-refractivity contribution in [1.29, 1.82) is 5.26 Å². The summed E-state index contributed by atoms with van der Waals surface area (Å²) in [5, 5.41) is 13.7. The normalized spacial score (nSPS) is 16.1. The van der Waals surface area contributed by atoms with Crippen LogP contribution in [-0.2, 0) is 16.0 Å². The van der Waals surface area contributed by atoms with Gasteiger partial charge in [-0.05, 0) is 59.9 Å². The Balaban J connectivity index is 1.52. The van der Waals surface area contributed by atoms with Crippen molar-refractivity contribution >= 4 is 46.4 Å². The van der Waals surface area contributed by atoms with E-state index >= 15 is 0 Å². The highest BCUT2D eigenvalue weighted by Gasteiger charge is 2.36. The number of carbonyl (C=O) groups is 2. The molecule has 0 saturated carbocycles. The molecule has 5 nitrogen and oxygen atoms in total. The van der Waals surface area contributed by atoms with E-state index in [1.807, 2.05) is 44.2 Å². The Labute approximate surface area is 215 Å². The van der Waals surface area contributed by atoms with Crippen molar-refractivity contribution in [2.45, 2.75) is 32.6 Å². The number of hydrogen-bond acceptors (Lipinski definition) is 3. The molecule has 0 spiro atoms. The molecule has 0 aliphatic carbocycles. The summed E-state index contributed by atoms with van der Waals surface area (Å²) in [6, 6.07) is 20.7. The number of para-hydroxylation sites is 1. The predicted octanol–water partition coefficient (Wildman–Crippen LogP) is 6.51. The van der Waals surface area contributed by atoms with Crippen molar-refractivity contribution in [2.75, 3.05) is 16.8 Å². The summed E-state index contributed by atoms with van der Waals surface area (Å²) in [5.74, 6) is -1.32. The monoisotopic (exact) mass is 505 g/mol. The number of nitriles is 1. The Morgan fingerprint density at radius 3 is 2.57 bits per heavy atom. The first kappa shape index (κ1) is 24.8. The third-order valence-electron chi connectivity index (χ3n) is 6.40. The summed E-state index contributed by atoms with van der Waals surface area (Å²) in [7, 11) is 0. The fraction of sp³-hybridized carbons (Fsp3) is 0.250. The first-order valence-electron chi connectivity index (χ1n) is 11.5. The van der Waals surface area contributed by atoms with Crippen LogP contribution in [0.5, 0.6) is 0 Å². The van der Waals surface area contributed by atoms with E-state index in [-0.39, 0.29) is 18.2 Å². The van der Waals surface area contributed by atoms with Crippen LogP contribution in [0.4, 0.5) is 11.4 Å². The van der Waals surface area contributed by atoms with Gasteiger partial charge in [0.05, 0.1) is 17.9 Å². The number of halogens is 2. The lowest BCUT2D eigenvalue weighted by atomic mass is 9.91. The molecule has 1 aliphatic heterocycles. The maximum atomic E-state index is 13.1. The lowest BCUT2D eigenvalue weighted by molar-refractivity contribution is -0.122. The summed E-state index contributed by atoms with van der Waals surface area (Å²) >= 11 is 12.5. The molecule has 1 fully saturated rings. The standard InChI is InChI=1S/C28H25Cl2N3O2/c1-3-18-6-4-5-7-26(18)33-16-20(13-27(33)34)28(35)32-25-14-24(30)22(12-17(25)2)23(15-31)19-8-10-21(29)11-9-19/h4-12,14,20,23H,3,13,16H2,1-2H3,(H,32,35). The molecule has 2 amide bonds. The molecule has 1 N–H and O–H groups in total. The van der Waals surface area contributed by atoms with Crippen molar-refractivity contribution < 1.29 is 9.59 Å². The SMILES string of the molecule is CCc1ccccc1N1CC(C(=O)Nc2cc(Cl)c(C(C#N)c3ccc(Cl)cc3)cc2C)CC1=O. The molecule has 1 aliphatic rings.